The average molecular weight is 560 g/mol. The van der Waals surface area contributed by atoms with Crippen LogP contribution < -0.4 is 16.0 Å². The summed E-state index contributed by atoms with van der Waals surface area (Å²) in [4.78, 5) is 16.2. The number of carbonyl (C=O) groups excluding carboxylic acids is 1. The summed E-state index contributed by atoms with van der Waals surface area (Å²) < 4.78 is 52.0. The molecule has 0 saturated heterocycles. The van der Waals surface area contributed by atoms with E-state index in [1.165, 1.54) is 0 Å². The number of rotatable bonds is 7. The first-order valence-corrected chi connectivity index (χ1v) is 11.1. The molecule has 3 atom stereocenters. The van der Waals surface area contributed by atoms with Gasteiger partial charge in [0.2, 0.25) is 5.91 Å². The molecule has 1 aliphatic rings. The molecule has 0 aliphatic heterocycles. The Balaban J connectivity index is 0.00000450. The number of hydrogen-bond donors (Lipinski definition) is 3. The third-order valence-electron chi connectivity index (χ3n) is 4.66. The molecule has 0 aromatic heterocycles. The van der Waals surface area contributed by atoms with Gasteiger partial charge < -0.3 is 16.0 Å². The highest BCUT2D eigenvalue weighted by Crippen LogP contribution is 2.23. The van der Waals surface area contributed by atoms with Crippen molar-refractivity contribution in [3.63, 3.8) is 0 Å². The highest BCUT2D eigenvalue weighted by atomic mass is 127. The zero-order valence-corrected chi connectivity index (χ0v) is 20.1. The minimum atomic E-state index is -1.64. The van der Waals surface area contributed by atoms with Gasteiger partial charge in [0.1, 0.15) is 6.54 Å². The highest BCUT2D eigenvalue weighted by molar-refractivity contribution is 14.0. The average Bonchev–Trinajstić information content (AvgIpc) is 2.72. The van der Waals surface area contributed by atoms with Crippen LogP contribution in [0.2, 0.25) is 0 Å². The molecule has 6 nitrogen and oxygen atoms in total. The highest BCUT2D eigenvalue weighted by Gasteiger charge is 2.26. The van der Waals surface area contributed by atoms with Crippen LogP contribution in [0.1, 0.15) is 39.5 Å². The number of amides is 1. The number of benzene rings is 1. The molecule has 1 amide bonds. The molecule has 0 radical (unpaired) electrons. The Kier molecular flexibility index (Phi) is 11.7. The fourth-order valence-electron chi connectivity index (χ4n) is 3.23. The Morgan fingerprint density at radius 3 is 2.60 bits per heavy atom. The molecule has 0 spiro atoms. The van der Waals surface area contributed by atoms with E-state index in [-0.39, 0.29) is 41.8 Å². The lowest BCUT2D eigenvalue weighted by Crippen LogP contribution is -2.47. The van der Waals surface area contributed by atoms with E-state index in [1.807, 2.05) is 13.8 Å². The normalized spacial score (nSPS) is 20.1. The number of anilines is 1. The molecule has 0 bridgehead atoms. The Hall–Kier alpha value is -1.37. The largest absolute Gasteiger partial charge is 0.357 e. The Morgan fingerprint density at radius 2 is 1.93 bits per heavy atom. The quantitative estimate of drug-likeness (QED) is 0.207. The SMILES string of the molecule is CCNC(=NCC(=O)Nc1ccc(F)c(F)c1F)NC1CCCC(S(=O)CC)C1.I. The molecule has 1 aliphatic carbocycles. The lowest BCUT2D eigenvalue weighted by atomic mass is 9.95. The van der Waals surface area contributed by atoms with Crippen molar-refractivity contribution in [3.8, 4) is 0 Å². The van der Waals surface area contributed by atoms with Gasteiger partial charge in [0.15, 0.2) is 23.4 Å². The number of halogens is 4. The van der Waals surface area contributed by atoms with E-state index in [0.29, 0.717) is 18.3 Å². The van der Waals surface area contributed by atoms with Crippen molar-refractivity contribution in [2.45, 2.75) is 50.8 Å². The molecule has 1 aromatic carbocycles. The van der Waals surface area contributed by atoms with Gasteiger partial charge in [-0.2, -0.15) is 0 Å². The van der Waals surface area contributed by atoms with Gasteiger partial charge in [-0.3, -0.25) is 9.00 Å². The van der Waals surface area contributed by atoms with E-state index < -0.39 is 39.8 Å². The maximum absolute atomic E-state index is 13.7. The molecule has 2 rings (SSSR count). The van der Waals surface area contributed by atoms with Gasteiger partial charge in [-0.25, -0.2) is 18.2 Å². The van der Waals surface area contributed by atoms with Crippen molar-refractivity contribution >= 4 is 52.3 Å². The van der Waals surface area contributed by atoms with Crippen LogP contribution >= 0.6 is 24.0 Å². The van der Waals surface area contributed by atoms with Crippen molar-refractivity contribution in [3.05, 3.63) is 29.6 Å². The Labute approximate surface area is 194 Å². The Morgan fingerprint density at radius 1 is 1.20 bits per heavy atom. The molecule has 1 aromatic rings. The van der Waals surface area contributed by atoms with E-state index in [9.17, 15) is 22.2 Å². The zero-order valence-electron chi connectivity index (χ0n) is 17.0. The lowest BCUT2D eigenvalue weighted by molar-refractivity contribution is -0.114. The smallest absolute Gasteiger partial charge is 0.246 e. The van der Waals surface area contributed by atoms with Gasteiger partial charge in [-0.1, -0.05) is 13.3 Å². The molecular formula is C19H28F3IN4O2S. The zero-order chi connectivity index (χ0) is 21.4. The maximum atomic E-state index is 13.7. The summed E-state index contributed by atoms with van der Waals surface area (Å²) >= 11 is 0. The summed E-state index contributed by atoms with van der Waals surface area (Å²) in [7, 11) is -0.850. The molecular weight excluding hydrogens is 532 g/mol. The number of hydrogen-bond acceptors (Lipinski definition) is 3. The molecule has 11 heteroatoms. The summed E-state index contributed by atoms with van der Waals surface area (Å²) in [6.07, 6.45) is 3.57. The molecule has 30 heavy (non-hydrogen) atoms. The maximum Gasteiger partial charge on any atom is 0.246 e. The Bertz CT molecular complexity index is 782. The van der Waals surface area contributed by atoms with Gasteiger partial charge in [0, 0.05) is 34.4 Å². The standard InChI is InChI=1S/C19H27F3N4O2S.HI/c1-3-23-19(25-12-6-5-7-13(10-12)29(28)4-2)24-11-16(27)26-15-9-8-14(20)17(21)18(15)22;/h8-9,12-13H,3-7,10-11H2,1-2H3,(H,26,27)(H2,23,24,25);1H. The number of carbonyl (C=O) groups is 1. The fourth-order valence-corrected chi connectivity index (χ4v) is 4.57. The minimum absolute atomic E-state index is 0. The molecule has 0 heterocycles. The number of nitrogens with zero attached hydrogens (tertiary/aromatic N) is 1. The van der Waals surface area contributed by atoms with Crippen molar-refractivity contribution in [2.24, 2.45) is 4.99 Å². The third-order valence-corrected chi connectivity index (χ3v) is 6.40. The van der Waals surface area contributed by atoms with Crippen LogP contribution in [0.3, 0.4) is 0 Å². The lowest BCUT2D eigenvalue weighted by Gasteiger charge is -2.30. The van der Waals surface area contributed by atoms with Crippen molar-refractivity contribution in [1.29, 1.82) is 0 Å². The van der Waals surface area contributed by atoms with Gasteiger partial charge in [0.25, 0.3) is 0 Å². The van der Waals surface area contributed by atoms with Crippen LogP contribution in [0.15, 0.2) is 17.1 Å². The summed E-state index contributed by atoms with van der Waals surface area (Å²) in [5, 5.41) is 8.62. The topological polar surface area (TPSA) is 82.6 Å². The van der Waals surface area contributed by atoms with Gasteiger partial charge in [0.05, 0.1) is 5.69 Å². The monoisotopic (exact) mass is 560 g/mol. The summed E-state index contributed by atoms with van der Waals surface area (Å²) in [5.41, 5.74) is -0.445. The summed E-state index contributed by atoms with van der Waals surface area (Å²) in [6.45, 7) is 4.03. The second kappa shape index (κ2) is 13.1. The molecule has 1 fully saturated rings. The van der Waals surface area contributed by atoms with Crippen LogP contribution in [0.5, 0.6) is 0 Å². The fraction of sp³-hybridized carbons (Fsp3) is 0.579. The van der Waals surface area contributed by atoms with Gasteiger partial charge in [-0.15, -0.1) is 24.0 Å². The van der Waals surface area contributed by atoms with Crippen molar-refractivity contribution in [1.82, 2.24) is 10.6 Å². The van der Waals surface area contributed by atoms with Crippen LogP contribution in [0.4, 0.5) is 18.9 Å². The number of nitrogens with one attached hydrogen (secondary N) is 3. The minimum Gasteiger partial charge on any atom is -0.357 e. The van der Waals surface area contributed by atoms with E-state index >= 15 is 0 Å². The first-order chi connectivity index (χ1) is 13.8. The first kappa shape index (κ1) is 26.7. The van der Waals surface area contributed by atoms with Crippen LogP contribution in [-0.2, 0) is 15.6 Å². The summed E-state index contributed by atoms with van der Waals surface area (Å²) in [5.74, 6) is -4.04. The van der Waals surface area contributed by atoms with Crippen LogP contribution in [-0.4, -0.2) is 46.2 Å². The molecule has 3 N–H and O–H groups in total. The van der Waals surface area contributed by atoms with E-state index in [2.05, 4.69) is 20.9 Å². The van der Waals surface area contributed by atoms with E-state index in [4.69, 9.17) is 0 Å². The van der Waals surface area contributed by atoms with E-state index in [1.54, 1.807) is 0 Å². The predicted octanol–water partition coefficient (Wildman–Crippen LogP) is 3.30. The van der Waals surface area contributed by atoms with Gasteiger partial charge >= 0.3 is 0 Å². The number of guanidine groups is 1. The molecule has 3 unspecified atom stereocenters. The second-order valence-corrected chi connectivity index (χ2v) is 8.77. The van der Waals surface area contributed by atoms with Crippen molar-refractivity contribution < 1.29 is 22.2 Å². The first-order valence-electron chi connectivity index (χ1n) is 9.71. The van der Waals surface area contributed by atoms with Crippen LogP contribution in [0, 0.1) is 17.5 Å². The third kappa shape index (κ3) is 7.71. The van der Waals surface area contributed by atoms with Crippen LogP contribution in [0.25, 0.3) is 0 Å². The molecule has 170 valence electrons. The second-order valence-electron chi connectivity index (χ2n) is 6.77. The van der Waals surface area contributed by atoms with Gasteiger partial charge in [-0.05, 0) is 38.3 Å². The number of aliphatic imine (C=N–C) groups is 1. The molecule has 1 saturated carbocycles. The van der Waals surface area contributed by atoms with Crippen molar-refractivity contribution in [2.75, 3.05) is 24.2 Å². The van der Waals surface area contributed by atoms with E-state index in [0.717, 1.165) is 37.8 Å². The predicted molar refractivity (Wildman–Crippen MR) is 124 cm³/mol. The summed E-state index contributed by atoms with van der Waals surface area (Å²) in [6, 6.07) is 1.78.